The summed E-state index contributed by atoms with van der Waals surface area (Å²) >= 11 is 1.49. The number of thiazole rings is 1. The zero-order valence-electron chi connectivity index (χ0n) is 9.61. The molecular formula is C10H11N5O2S. The summed E-state index contributed by atoms with van der Waals surface area (Å²) in [6.07, 6.45) is 6.29. The van der Waals surface area contributed by atoms with Gasteiger partial charge in [-0.3, -0.25) is 0 Å². The van der Waals surface area contributed by atoms with Crippen molar-refractivity contribution in [3.05, 3.63) is 34.8 Å². The second kappa shape index (κ2) is 3.98. The van der Waals surface area contributed by atoms with Crippen LogP contribution in [0.4, 0.5) is 5.82 Å². The molecule has 1 aliphatic heterocycles. The van der Waals surface area contributed by atoms with Gasteiger partial charge in [-0.05, 0) is 0 Å². The molecule has 2 N–H and O–H groups in total. The molecule has 0 saturated carbocycles. The topological polar surface area (TPSA) is 88.1 Å². The number of anilines is 1. The number of rotatable bonds is 3. The summed E-state index contributed by atoms with van der Waals surface area (Å²) in [6, 6.07) is 0. The summed E-state index contributed by atoms with van der Waals surface area (Å²) < 4.78 is 10.8. The monoisotopic (exact) mass is 265 g/mol. The van der Waals surface area contributed by atoms with E-state index in [-0.39, 0.29) is 0 Å². The molecule has 3 rings (SSSR count). The number of aromatic nitrogens is 4. The number of hydrogen-bond donors (Lipinski definition) is 1. The lowest BCUT2D eigenvalue weighted by Crippen LogP contribution is -2.21. The van der Waals surface area contributed by atoms with Crippen LogP contribution in [0.2, 0.25) is 0 Å². The van der Waals surface area contributed by atoms with Gasteiger partial charge in [0.1, 0.15) is 12.5 Å². The SMILES string of the molecule is CC1(c2ncc(Cn3ncc(N)n3)s2)OC=CO1. The van der Waals surface area contributed by atoms with Crippen molar-refractivity contribution in [2.24, 2.45) is 0 Å². The summed E-state index contributed by atoms with van der Waals surface area (Å²) in [4.78, 5) is 6.82. The average Bonchev–Trinajstić information content (AvgIpc) is 3.02. The van der Waals surface area contributed by atoms with Gasteiger partial charge in [0, 0.05) is 18.0 Å². The van der Waals surface area contributed by atoms with Gasteiger partial charge in [0.15, 0.2) is 10.8 Å². The van der Waals surface area contributed by atoms with Crippen LogP contribution < -0.4 is 5.73 Å². The van der Waals surface area contributed by atoms with Crippen LogP contribution in [0.25, 0.3) is 0 Å². The van der Waals surface area contributed by atoms with E-state index in [1.54, 1.807) is 6.20 Å². The van der Waals surface area contributed by atoms with E-state index in [2.05, 4.69) is 15.2 Å². The molecule has 0 radical (unpaired) electrons. The van der Waals surface area contributed by atoms with Gasteiger partial charge >= 0.3 is 5.79 Å². The smallest absolute Gasteiger partial charge is 0.300 e. The first-order valence-electron chi connectivity index (χ1n) is 5.27. The zero-order valence-corrected chi connectivity index (χ0v) is 10.4. The molecule has 18 heavy (non-hydrogen) atoms. The third-order valence-electron chi connectivity index (χ3n) is 2.43. The van der Waals surface area contributed by atoms with E-state index in [9.17, 15) is 0 Å². The van der Waals surface area contributed by atoms with Crippen LogP contribution in [-0.2, 0) is 21.8 Å². The molecule has 0 bridgehead atoms. The maximum atomic E-state index is 5.50. The first-order chi connectivity index (χ1) is 8.66. The van der Waals surface area contributed by atoms with Gasteiger partial charge in [0.05, 0.1) is 12.7 Å². The lowest BCUT2D eigenvalue weighted by molar-refractivity contribution is -0.133. The minimum atomic E-state index is -0.820. The third kappa shape index (κ3) is 1.90. The first kappa shape index (κ1) is 11.0. The molecule has 0 amide bonds. The lowest BCUT2D eigenvalue weighted by Gasteiger charge is -2.19. The van der Waals surface area contributed by atoms with Crippen LogP contribution in [0.15, 0.2) is 24.9 Å². The molecule has 7 nitrogen and oxygen atoms in total. The highest BCUT2D eigenvalue weighted by atomic mass is 32.1. The Balaban J connectivity index is 1.77. The van der Waals surface area contributed by atoms with Gasteiger partial charge in [0.25, 0.3) is 0 Å². The second-order valence-electron chi connectivity index (χ2n) is 3.89. The molecule has 94 valence electrons. The maximum absolute atomic E-state index is 5.50. The van der Waals surface area contributed by atoms with Gasteiger partial charge in [-0.15, -0.1) is 16.4 Å². The molecular weight excluding hydrogens is 254 g/mol. The lowest BCUT2D eigenvalue weighted by atomic mass is 10.3. The highest BCUT2D eigenvalue weighted by molar-refractivity contribution is 7.11. The Kier molecular flexibility index (Phi) is 2.44. The van der Waals surface area contributed by atoms with Crippen LogP contribution in [0.5, 0.6) is 0 Å². The van der Waals surface area contributed by atoms with E-state index in [1.165, 1.54) is 34.9 Å². The van der Waals surface area contributed by atoms with Crippen molar-refractivity contribution in [1.82, 2.24) is 20.0 Å². The van der Waals surface area contributed by atoms with Crippen molar-refractivity contribution in [2.45, 2.75) is 19.3 Å². The Morgan fingerprint density at radius 1 is 1.39 bits per heavy atom. The van der Waals surface area contributed by atoms with E-state index < -0.39 is 5.79 Å². The molecule has 0 spiro atoms. The molecule has 0 aromatic carbocycles. The van der Waals surface area contributed by atoms with Crippen LogP contribution in [-0.4, -0.2) is 20.0 Å². The van der Waals surface area contributed by atoms with Crippen molar-refractivity contribution in [1.29, 1.82) is 0 Å². The fraction of sp³-hybridized carbons (Fsp3) is 0.300. The molecule has 3 heterocycles. The van der Waals surface area contributed by atoms with E-state index in [1.807, 2.05) is 6.92 Å². The maximum Gasteiger partial charge on any atom is 0.300 e. The summed E-state index contributed by atoms with van der Waals surface area (Å²) in [7, 11) is 0. The van der Waals surface area contributed by atoms with Crippen LogP contribution >= 0.6 is 11.3 Å². The van der Waals surface area contributed by atoms with Gasteiger partial charge in [-0.25, -0.2) is 4.98 Å². The van der Waals surface area contributed by atoms with Crippen molar-refractivity contribution < 1.29 is 9.47 Å². The second-order valence-corrected chi connectivity index (χ2v) is 5.00. The summed E-state index contributed by atoms with van der Waals surface area (Å²) in [5, 5.41) is 8.79. The van der Waals surface area contributed by atoms with E-state index >= 15 is 0 Å². The number of ether oxygens (including phenoxy) is 2. The number of nitrogens with two attached hydrogens (primary N) is 1. The van der Waals surface area contributed by atoms with Crippen molar-refractivity contribution in [2.75, 3.05) is 5.73 Å². The summed E-state index contributed by atoms with van der Waals surface area (Å²) in [5.74, 6) is -0.419. The standard InChI is InChI=1S/C10H11N5O2S/c1-10(16-2-3-17-10)9-12-4-7(18-9)6-15-13-5-8(11)14-15/h2-5H,6H2,1H3,(H2,11,14). The zero-order chi connectivity index (χ0) is 12.6. The largest absolute Gasteiger partial charge is 0.451 e. The van der Waals surface area contributed by atoms with Gasteiger partial charge in [-0.1, -0.05) is 0 Å². The Hall–Kier alpha value is -2.09. The van der Waals surface area contributed by atoms with Crippen molar-refractivity contribution in [3.63, 3.8) is 0 Å². The molecule has 2 aromatic heterocycles. The van der Waals surface area contributed by atoms with Crippen LogP contribution in [0.3, 0.4) is 0 Å². The predicted molar refractivity (Wildman–Crippen MR) is 64.3 cm³/mol. The third-order valence-corrected chi connectivity index (χ3v) is 3.60. The normalized spacial score (nSPS) is 16.5. The van der Waals surface area contributed by atoms with Crippen LogP contribution in [0, 0.1) is 0 Å². The average molecular weight is 265 g/mol. The number of nitrogen functional groups attached to an aromatic ring is 1. The van der Waals surface area contributed by atoms with E-state index in [4.69, 9.17) is 15.2 Å². The fourth-order valence-corrected chi connectivity index (χ4v) is 2.48. The minimum absolute atomic E-state index is 0.401. The Labute approximate surface area is 107 Å². The molecule has 2 aromatic rings. The Morgan fingerprint density at radius 3 is 2.83 bits per heavy atom. The van der Waals surface area contributed by atoms with E-state index in [0.29, 0.717) is 12.4 Å². The molecule has 1 aliphatic rings. The molecule has 8 heteroatoms. The van der Waals surface area contributed by atoms with Gasteiger partial charge < -0.3 is 15.2 Å². The van der Waals surface area contributed by atoms with Crippen LogP contribution in [0.1, 0.15) is 16.8 Å². The first-order valence-corrected chi connectivity index (χ1v) is 6.09. The number of nitrogens with zero attached hydrogens (tertiary/aromatic N) is 4. The quantitative estimate of drug-likeness (QED) is 0.892. The Bertz CT molecular complexity index is 583. The molecule has 0 atom stereocenters. The van der Waals surface area contributed by atoms with Gasteiger partial charge in [-0.2, -0.15) is 9.90 Å². The van der Waals surface area contributed by atoms with Gasteiger partial charge in [0.2, 0.25) is 0 Å². The predicted octanol–water partition coefficient (Wildman–Crippen LogP) is 1.06. The summed E-state index contributed by atoms with van der Waals surface area (Å²) in [6.45, 7) is 2.35. The molecule has 0 aliphatic carbocycles. The molecule has 0 unspecified atom stereocenters. The van der Waals surface area contributed by atoms with E-state index in [0.717, 1.165) is 9.88 Å². The Morgan fingerprint density at radius 2 is 2.17 bits per heavy atom. The minimum Gasteiger partial charge on any atom is -0.451 e. The molecule has 0 saturated heterocycles. The number of hydrogen-bond acceptors (Lipinski definition) is 7. The highest BCUT2D eigenvalue weighted by Gasteiger charge is 2.35. The highest BCUT2D eigenvalue weighted by Crippen LogP contribution is 2.34. The van der Waals surface area contributed by atoms with Crippen molar-refractivity contribution >= 4 is 17.2 Å². The summed E-state index contributed by atoms with van der Waals surface area (Å²) in [5.41, 5.74) is 5.50. The fourth-order valence-electron chi connectivity index (χ4n) is 1.56. The van der Waals surface area contributed by atoms with Crippen molar-refractivity contribution in [3.8, 4) is 0 Å². The molecule has 0 fully saturated rings.